The van der Waals surface area contributed by atoms with Gasteiger partial charge in [0, 0.05) is 25.7 Å². The molecular formula is C15H22N4O2. The van der Waals surface area contributed by atoms with Crippen molar-refractivity contribution in [3.8, 4) is 0 Å². The Morgan fingerprint density at radius 1 is 1.33 bits per heavy atom. The number of rotatable bonds is 2. The largest absolute Gasteiger partial charge is 0.348 e. The Hall–Kier alpha value is -1.69. The summed E-state index contributed by atoms with van der Waals surface area (Å²) in [5.74, 6) is 0.890. The zero-order chi connectivity index (χ0) is 14.9. The Balaban J connectivity index is 1.93. The molecule has 1 saturated heterocycles. The molecule has 2 heterocycles. The van der Waals surface area contributed by atoms with Crippen molar-refractivity contribution in [2.75, 3.05) is 24.5 Å². The summed E-state index contributed by atoms with van der Waals surface area (Å²) < 4.78 is 0. The van der Waals surface area contributed by atoms with Gasteiger partial charge in [-0.05, 0) is 25.8 Å². The highest BCUT2D eigenvalue weighted by atomic mass is 16.6. The highest BCUT2D eigenvalue weighted by Gasteiger charge is 2.40. The van der Waals surface area contributed by atoms with Gasteiger partial charge >= 0.3 is 0 Å². The van der Waals surface area contributed by atoms with Crippen molar-refractivity contribution in [1.82, 2.24) is 10.3 Å². The van der Waals surface area contributed by atoms with Gasteiger partial charge in [0.1, 0.15) is 11.5 Å². The summed E-state index contributed by atoms with van der Waals surface area (Å²) in [6.07, 6.45) is 6.17. The predicted molar refractivity (Wildman–Crippen MR) is 81.7 cm³/mol. The van der Waals surface area contributed by atoms with Crippen LogP contribution < -0.4 is 10.2 Å². The molecule has 6 nitrogen and oxygen atoms in total. The summed E-state index contributed by atoms with van der Waals surface area (Å²) in [6, 6.07) is 3.41. The second kappa shape index (κ2) is 5.60. The molecule has 0 aromatic carbocycles. The van der Waals surface area contributed by atoms with Gasteiger partial charge in [0.2, 0.25) is 0 Å². The maximum atomic E-state index is 10.9. The van der Waals surface area contributed by atoms with Gasteiger partial charge in [0.25, 0.3) is 5.69 Å². The third kappa shape index (κ3) is 2.60. The van der Waals surface area contributed by atoms with Gasteiger partial charge in [-0.2, -0.15) is 0 Å². The lowest BCUT2D eigenvalue weighted by atomic mass is 9.79. The second-order valence-electron chi connectivity index (χ2n) is 6.14. The standard InChI is InChI=1S/C15H22N4O2/c1-12-13(19(20)21)5-6-14(17-12)18-10-9-16-11-15(18)7-3-2-4-8-15/h5-6,16H,2-4,7-11H2,1H3. The van der Waals surface area contributed by atoms with Crippen LogP contribution in [0.15, 0.2) is 12.1 Å². The number of nitro groups is 1. The van der Waals surface area contributed by atoms with E-state index in [0.29, 0.717) is 5.69 Å². The van der Waals surface area contributed by atoms with Gasteiger partial charge in [-0.25, -0.2) is 4.98 Å². The van der Waals surface area contributed by atoms with E-state index in [1.165, 1.54) is 32.1 Å². The molecule has 21 heavy (non-hydrogen) atoms. The lowest BCUT2D eigenvalue weighted by molar-refractivity contribution is -0.385. The molecule has 1 aromatic heterocycles. The van der Waals surface area contributed by atoms with Gasteiger partial charge in [-0.3, -0.25) is 10.1 Å². The summed E-state index contributed by atoms with van der Waals surface area (Å²) in [6.45, 7) is 4.58. The molecule has 1 aliphatic heterocycles. The summed E-state index contributed by atoms with van der Waals surface area (Å²) in [5, 5.41) is 14.5. The van der Waals surface area contributed by atoms with Crippen LogP contribution in [0.3, 0.4) is 0 Å². The number of piperazine rings is 1. The van der Waals surface area contributed by atoms with E-state index >= 15 is 0 Å². The number of pyridine rings is 1. The van der Waals surface area contributed by atoms with Crippen LogP contribution in [-0.4, -0.2) is 35.1 Å². The Morgan fingerprint density at radius 3 is 2.76 bits per heavy atom. The minimum Gasteiger partial charge on any atom is -0.348 e. The van der Waals surface area contributed by atoms with Crippen molar-refractivity contribution in [3.63, 3.8) is 0 Å². The van der Waals surface area contributed by atoms with Crippen LogP contribution in [0.25, 0.3) is 0 Å². The van der Waals surface area contributed by atoms with Crippen LogP contribution in [0.5, 0.6) is 0 Å². The molecule has 2 fully saturated rings. The monoisotopic (exact) mass is 290 g/mol. The molecule has 0 radical (unpaired) electrons. The van der Waals surface area contributed by atoms with Crippen molar-refractivity contribution in [3.05, 3.63) is 27.9 Å². The average molecular weight is 290 g/mol. The number of nitrogens with zero attached hydrogens (tertiary/aromatic N) is 3. The number of aryl methyl sites for hydroxylation is 1. The quantitative estimate of drug-likeness (QED) is 0.669. The normalized spacial score (nSPS) is 21.5. The first-order chi connectivity index (χ1) is 10.1. The van der Waals surface area contributed by atoms with E-state index < -0.39 is 0 Å². The van der Waals surface area contributed by atoms with Gasteiger partial charge in [-0.1, -0.05) is 19.3 Å². The fourth-order valence-corrected chi connectivity index (χ4v) is 3.74. The minimum atomic E-state index is -0.361. The van der Waals surface area contributed by atoms with Crippen molar-refractivity contribution >= 4 is 11.5 Å². The SMILES string of the molecule is Cc1nc(N2CCNCC23CCCCC3)ccc1[N+](=O)[O-]. The summed E-state index contributed by atoms with van der Waals surface area (Å²) in [4.78, 5) is 17.5. The maximum absolute atomic E-state index is 10.9. The van der Waals surface area contributed by atoms with E-state index in [2.05, 4.69) is 15.2 Å². The molecule has 1 aliphatic carbocycles. The van der Waals surface area contributed by atoms with Crippen LogP contribution in [0.2, 0.25) is 0 Å². The number of hydrogen-bond donors (Lipinski definition) is 1. The lowest BCUT2D eigenvalue weighted by Crippen LogP contribution is -2.62. The first kappa shape index (κ1) is 14.3. The van der Waals surface area contributed by atoms with Gasteiger partial charge in [0.05, 0.1) is 10.5 Å². The summed E-state index contributed by atoms with van der Waals surface area (Å²) >= 11 is 0. The highest BCUT2D eigenvalue weighted by Crippen LogP contribution is 2.37. The Bertz CT molecular complexity index is 532. The van der Waals surface area contributed by atoms with E-state index in [1.54, 1.807) is 13.0 Å². The maximum Gasteiger partial charge on any atom is 0.290 e. The number of nitrogens with one attached hydrogen (secondary N) is 1. The second-order valence-corrected chi connectivity index (χ2v) is 6.14. The van der Waals surface area contributed by atoms with Crippen LogP contribution in [-0.2, 0) is 0 Å². The summed E-state index contributed by atoms with van der Waals surface area (Å²) in [5.41, 5.74) is 0.750. The molecule has 114 valence electrons. The fraction of sp³-hybridized carbons (Fsp3) is 0.667. The first-order valence-electron chi connectivity index (χ1n) is 7.73. The molecule has 1 aromatic rings. The van der Waals surface area contributed by atoms with E-state index in [0.717, 1.165) is 25.5 Å². The van der Waals surface area contributed by atoms with Crippen LogP contribution in [0.4, 0.5) is 11.5 Å². The van der Waals surface area contributed by atoms with Crippen LogP contribution >= 0.6 is 0 Å². The van der Waals surface area contributed by atoms with E-state index in [4.69, 9.17) is 0 Å². The highest BCUT2D eigenvalue weighted by molar-refractivity contribution is 5.49. The van der Waals surface area contributed by atoms with E-state index in [1.807, 2.05) is 6.07 Å². The zero-order valence-electron chi connectivity index (χ0n) is 12.5. The molecule has 0 unspecified atom stereocenters. The van der Waals surface area contributed by atoms with Crippen molar-refractivity contribution in [2.45, 2.75) is 44.6 Å². The van der Waals surface area contributed by atoms with Crippen molar-refractivity contribution < 1.29 is 4.92 Å². The lowest BCUT2D eigenvalue weighted by Gasteiger charge is -2.50. The Kier molecular flexibility index (Phi) is 3.80. The number of hydrogen-bond acceptors (Lipinski definition) is 5. The van der Waals surface area contributed by atoms with Gasteiger partial charge in [-0.15, -0.1) is 0 Å². The smallest absolute Gasteiger partial charge is 0.290 e. The van der Waals surface area contributed by atoms with Gasteiger partial charge in [0.15, 0.2) is 0 Å². The topological polar surface area (TPSA) is 71.3 Å². The molecule has 0 bridgehead atoms. The molecule has 0 atom stereocenters. The molecule has 2 aliphatic rings. The third-order valence-corrected chi connectivity index (χ3v) is 4.84. The summed E-state index contributed by atoms with van der Waals surface area (Å²) in [7, 11) is 0. The Labute approximate surface area is 124 Å². The van der Waals surface area contributed by atoms with Crippen molar-refractivity contribution in [2.24, 2.45) is 0 Å². The Morgan fingerprint density at radius 2 is 2.10 bits per heavy atom. The molecule has 1 spiro atoms. The third-order valence-electron chi connectivity index (χ3n) is 4.84. The van der Waals surface area contributed by atoms with Gasteiger partial charge < -0.3 is 10.2 Å². The molecule has 1 saturated carbocycles. The molecule has 1 N–H and O–H groups in total. The zero-order valence-corrected chi connectivity index (χ0v) is 12.5. The molecular weight excluding hydrogens is 268 g/mol. The molecule has 0 amide bonds. The first-order valence-corrected chi connectivity index (χ1v) is 7.73. The van der Waals surface area contributed by atoms with E-state index in [9.17, 15) is 10.1 Å². The fourth-order valence-electron chi connectivity index (χ4n) is 3.74. The minimum absolute atomic E-state index is 0.103. The molecule has 3 rings (SSSR count). The molecule has 6 heteroatoms. The predicted octanol–water partition coefficient (Wildman–Crippen LogP) is 2.41. The number of aromatic nitrogens is 1. The van der Waals surface area contributed by atoms with Crippen LogP contribution in [0.1, 0.15) is 37.8 Å². The van der Waals surface area contributed by atoms with Crippen LogP contribution in [0, 0.1) is 17.0 Å². The van der Waals surface area contributed by atoms with Crippen molar-refractivity contribution in [1.29, 1.82) is 0 Å². The van der Waals surface area contributed by atoms with E-state index in [-0.39, 0.29) is 16.1 Å². The average Bonchev–Trinajstić information content (AvgIpc) is 2.48. The number of anilines is 1.